The second-order valence-corrected chi connectivity index (χ2v) is 5.80. The predicted molar refractivity (Wildman–Crippen MR) is 74.3 cm³/mol. The van der Waals surface area contributed by atoms with Gasteiger partial charge in [0, 0.05) is 0 Å². The van der Waals surface area contributed by atoms with Gasteiger partial charge in [0.1, 0.15) is 5.70 Å². The summed E-state index contributed by atoms with van der Waals surface area (Å²) < 4.78 is 5.45. The molecule has 8 heteroatoms. The lowest BCUT2D eigenvalue weighted by molar-refractivity contribution is -0.161. The summed E-state index contributed by atoms with van der Waals surface area (Å²) in [4.78, 5) is 35.4. The Labute approximate surface area is 127 Å². The third kappa shape index (κ3) is 2.84. The van der Waals surface area contributed by atoms with E-state index < -0.39 is 30.0 Å². The van der Waals surface area contributed by atoms with Crippen LogP contribution in [0, 0.1) is 5.92 Å². The monoisotopic (exact) mass is 312 g/mol. The van der Waals surface area contributed by atoms with Crippen molar-refractivity contribution in [1.29, 1.82) is 0 Å². The minimum absolute atomic E-state index is 0.0168. The SMILES string of the molecule is CC(CC(N)=O)OCC1=C(C(=O)O)N2C(=O)C(C(C)O)C2C1. The molecular weight excluding hydrogens is 292 g/mol. The van der Waals surface area contributed by atoms with Gasteiger partial charge < -0.3 is 25.6 Å². The molecule has 4 N–H and O–H groups in total. The molecule has 0 saturated carbocycles. The van der Waals surface area contributed by atoms with E-state index in [1.807, 2.05) is 0 Å². The summed E-state index contributed by atoms with van der Waals surface area (Å²) >= 11 is 0. The van der Waals surface area contributed by atoms with Gasteiger partial charge in [0.2, 0.25) is 11.8 Å². The van der Waals surface area contributed by atoms with E-state index in [1.54, 1.807) is 6.92 Å². The fourth-order valence-corrected chi connectivity index (χ4v) is 3.08. The minimum atomic E-state index is -1.19. The summed E-state index contributed by atoms with van der Waals surface area (Å²) in [6.45, 7) is 3.20. The maximum atomic E-state index is 12.0. The Hall–Kier alpha value is -1.93. The van der Waals surface area contributed by atoms with Crippen LogP contribution < -0.4 is 5.73 Å². The highest BCUT2D eigenvalue weighted by molar-refractivity contribution is 5.99. The number of carboxylic acid groups (broad SMARTS) is 1. The van der Waals surface area contributed by atoms with Crippen LogP contribution in [0.5, 0.6) is 0 Å². The van der Waals surface area contributed by atoms with E-state index in [0.29, 0.717) is 12.0 Å². The van der Waals surface area contributed by atoms with Crippen LogP contribution in [-0.4, -0.2) is 57.8 Å². The van der Waals surface area contributed by atoms with Gasteiger partial charge in [0.05, 0.1) is 37.2 Å². The van der Waals surface area contributed by atoms with E-state index in [2.05, 4.69) is 0 Å². The molecule has 1 saturated heterocycles. The molecule has 0 bridgehead atoms. The molecule has 2 heterocycles. The van der Waals surface area contributed by atoms with Crippen LogP contribution in [-0.2, 0) is 19.1 Å². The van der Waals surface area contributed by atoms with Crippen LogP contribution in [0.3, 0.4) is 0 Å². The molecule has 2 aliphatic heterocycles. The number of aliphatic hydroxyl groups is 1. The first-order chi connectivity index (χ1) is 10.2. The molecule has 0 aromatic rings. The summed E-state index contributed by atoms with van der Waals surface area (Å²) in [5, 5.41) is 18.9. The van der Waals surface area contributed by atoms with E-state index in [0.717, 1.165) is 0 Å². The van der Waals surface area contributed by atoms with Crippen molar-refractivity contribution in [3.63, 3.8) is 0 Å². The lowest BCUT2D eigenvalue weighted by atomic mass is 9.83. The fraction of sp³-hybridized carbons (Fsp3) is 0.643. The Bertz CT molecular complexity index is 541. The standard InChI is InChI=1S/C14H20N2O6/c1-6(3-10(15)18)22-5-8-4-9-11(7(2)17)13(19)16(9)12(8)14(20)21/h6-7,9,11,17H,3-5H2,1-2H3,(H2,15,18)(H,20,21). The number of carbonyl (C=O) groups excluding carboxylic acids is 2. The second kappa shape index (κ2) is 6.05. The number of hydrogen-bond donors (Lipinski definition) is 3. The predicted octanol–water partition coefficient (Wildman–Crippen LogP) is -0.783. The molecule has 0 aliphatic carbocycles. The third-order valence-corrected chi connectivity index (χ3v) is 4.05. The summed E-state index contributed by atoms with van der Waals surface area (Å²) in [5.74, 6) is -2.65. The molecule has 4 unspecified atom stereocenters. The quantitative estimate of drug-likeness (QED) is 0.528. The molecule has 22 heavy (non-hydrogen) atoms. The van der Waals surface area contributed by atoms with Crippen LogP contribution >= 0.6 is 0 Å². The Morgan fingerprint density at radius 3 is 2.59 bits per heavy atom. The van der Waals surface area contributed by atoms with Crippen molar-refractivity contribution in [2.45, 2.75) is 44.9 Å². The van der Waals surface area contributed by atoms with E-state index in [9.17, 15) is 24.6 Å². The lowest BCUT2D eigenvalue weighted by Crippen LogP contribution is -2.61. The zero-order valence-electron chi connectivity index (χ0n) is 12.5. The van der Waals surface area contributed by atoms with Gasteiger partial charge in [-0.2, -0.15) is 0 Å². The van der Waals surface area contributed by atoms with Gasteiger partial charge in [0.25, 0.3) is 0 Å². The molecule has 4 atom stereocenters. The molecule has 0 radical (unpaired) electrons. The molecule has 0 aromatic carbocycles. The molecule has 2 amide bonds. The zero-order valence-corrected chi connectivity index (χ0v) is 12.5. The van der Waals surface area contributed by atoms with E-state index in [-0.39, 0.29) is 30.7 Å². The maximum absolute atomic E-state index is 12.0. The van der Waals surface area contributed by atoms with Gasteiger partial charge in [-0.3, -0.25) is 9.59 Å². The summed E-state index contributed by atoms with van der Waals surface area (Å²) in [6.07, 6.45) is -0.862. The van der Waals surface area contributed by atoms with Crippen LogP contribution in [0.1, 0.15) is 26.7 Å². The van der Waals surface area contributed by atoms with Crippen molar-refractivity contribution in [3.8, 4) is 0 Å². The largest absolute Gasteiger partial charge is 0.477 e. The second-order valence-electron chi connectivity index (χ2n) is 5.80. The first kappa shape index (κ1) is 16.4. The van der Waals surface area contributed by atoms with Gasteiger partial charge in [-0.25, -0.2) is 4.79 Å². The normalized spacial score (nSPS) is 26.5. The maximum Gasteiger partial charge on any atom is 0.352 e. The summed E-state index contributed by atoms with van der Waals surface area (Å²) in [7, 11) is 0. The van der Waals surface area contributed by atoms with Crippen molar-refractivity contribution in [3.05, 3.63) is 11.3 Å². The molecule has 122 valence electrons. The fourth-order valence-electron chi connectivity index (χ4n) is 3.08. The average molecular weight is 312 g/mol. The Morgan fingerprint density at radius 2 is 2.09 bits per heavy atom. The van der Waals surface area contributed by atoms with Gasteiger partial charge in [0.15, 0.2) is 0 Å². The molecular formula is C14H20N2O6. The van der Waals surface area contributed by atoms with Crippen molar-refractivity contribution in [1.82, 2.24) is 4.90 Å². The van der Waals surface area contributed by atoms with Crippen LogP contribution in [0.2, 0.25) is 0 Å². The van der Waals surface area contributed by atoms with Crippen molar-refractivity contribution in [2.24, 2.45) is 11.7 Å². The number of aliphatic hydroxyl groups excluding tert-OH is 1. The summed E-state index contributed by atoms with van der Waals surface area (Å²) in [6, 6.07) is -0.330. The molecule has 8 nitrogen and oxygen atoms in total. The number of carbonyl (C=O) groups is 3. The first-order valence-corrected chi connectivity index (χ1v) is 7.10. The molecule has 0 spiro atoms. The highest BCUT2D eigenvalue weighted by Gasteiger charge is 2.56. The van der Waals surface area contributed by atoms with Gasteiger partial charge >= 0.3 is 5.97 Å². The number of nitrogens with zero attached hydrogens (tertiary/aromatic N) is 1. The number of β-lactam (4-membered cyclic amide) rings is 1. The van der Waals surface area contributed by atoms with Gasteiger partial charge in [-0.1, -0.05) is 0 Å². The number of nitrogens with two attached hydrogens (primary N) is 1. The van der Waals surface area contributed by atoms with Crippen molar-refractivity contribution in [2.75, 3.05) is 6.61 Å². The first-order valence-electron chi connectivity index (χ1n) is 7.10. The third-order valence-electron chi connectivity index (χ3n) is 4.05. The number of rotatable bonds is 7. The number of fused-ring (bicyclic) bond motifs is 1. The Morgan fingerprint density at radius 1 is 1.45 bits per heavy atom. The summed E-state index contributed by atoms with van der Waals surface area (Å²) in [5.41, 5.74) is 5.49. The average Bonchev–Trinajstić information content (AvgIpc) is 2.69. The van der Waals surface area contributed by atoms with Gasteiger partial charge in [-0.05, 0) is 25.8 Å². The highest BCUT2D eigenvalue weighted by Crippen LogP contribution is 2.43. The molecule has 0 aromatic heterocycles. The molecule has 2 rings (SSSR count). The van der Waals surface area contributed by atoms with E-state index in [1.165, 1.54) is 11.8 Å². The topological polar surface area (TPSA) is 130 Å². The lowest BCUT2D eigenvalue weighted by Gasteiger charge is -2.44. The van der Waals surface area contributed by atoms with Crippen molar-refractivity contribution < 1.29 is 29.3 Å². The van der Waals surface area contributed by atoms with Crippen LogP contribution in [0.25, 0.3) is 0 Å². The van der Waals surface area contributed by atoms with Gasteiger partial charge in [-0.15, -0.1) is 0 Å². The number of ether oxygens (including phenoxy) is 1. The number of aliphatic carboxylic acids is 1. The number of carboxylic acids is 1. The van der Waals surface area contributed by atoms with Crippen molar-refractivity contribution >= 4 is 17.8 Å². The Balaban J connectivity index is 2.09. The molecule has 1 fully saturated rings. The van der Waals surface area contributed by atoms with E-state index in [4.69, 9.17) is 10.5 Å². The number of amides is 2. The van der Waals surface area contributed by atoms with Crippen LogP contribution in [0.4, 0.5) is 0 Å². The minimum Gasteiger partial charge on any atom is -0.477 e. The Kier molecular flexibility index (Phi) is 4.52. The number of hydrogen-bond acceptors (Lipinski definition) is 5. The molecule has 2 aliphatic rings. The smallest absolute Gasteiger partial charge is 0.352 e. The van der Waals surface area contributed by atoms with Crippen LogP contribution in [0.15, 0.2) is 11.3 Å². The highest BCUT2D eigenvalue weighted by atomic mass is 16.5. The zero-order chi connectivity index (χ0) is 16.6. The van der Waals surface area contributed by atoms with E-state index >= 15 is 0 Å². The number of primary amides is 1.